The Kier molecular flexibility index (Phi) is 10.7. The van der Waals surface area contributed by atoms with Crippen molar-refractivity contribution in [2.24, 2.45) is 5.92 Å². The number of hydrogen-bond donors (Lipinski definition) is 1. The molecule has 0 aromatic heterocycles. The zero-order valence-corrected chi connectivity index (χ0v) is 18.4. The van der Waals surface area contributed by atoms with Crippen molar-refractivity contribution in [3.05, 3.63) is 54.2 Å². The molecule has 2 aliphatic carbocycles. The van der Waals surface area contributed by atoms with Gasteiger partial charge in [0.1, 0.15) is 6.10 Å². The van der Waals surface area contributed by atoms with Crippen LogP contribution in [0.4, 0.5) is 0 Å². The minimum Gasteiger partial charge on any atom is -0.494 e. The first kappa shape index (κ1) is 23.0. The van der Waals surface area contributed by atoms with Crippen LogP contribution in [0.25, 0.3) is 0 Å². The lowest BCUT2D eigenvalue weighted by molar-refractivity contribution is 0.0648. The average Bonchev–Trinajstić information content (AvgIpc) is 3.53. The van der Waals surface area contributed by atoms with E-state index in [1.54, 1.807) is 0 Å². The highest BCUT2D eigenvalue weighted by atomic mass is 16.5. The summed E-state index contributed by atoms with van der Waals surface area (Å²) in [5, 5.41) is 3.52. The highest BCUT2D eigenvalue weighted by molar-refractivity contribution is 5.39. The van der Waals surface area contributed by atoms with E-state index in [-0.39, 0.29) is 6.10 Å². The molecule has 2 atom stereocenters. The number of hydrogen-bond acceptors (Lipinski definition) is 3. The van der Waals surface area contributed by atoms with Gasteiger partial charge in [0.25, 0.3) is 0 Å². The van der Waals surface area contributed by atoms with Crippen LogP contribution in [0.1, 0.15) is 59.3 Å². The summed E-state index contributed by atoms with van der Waals surface area (Å²) < 4.78 is 6.24. The zero-order valence-electron chi connectivity index (χ0n) is 18.4. The highest BCUT2D eigenvalue weighted by Gasteiger charge is 2.22. The Bertz CT molecular complexity index is 555. The van der Waals surface area contributed by atoms with Crippen LogP contribution in [-0.2, 0) is 4.74 Å². The third kappa shape index (κ3) is 9.25. The lowest BCUT2D eigenvalue weighted by atomic mass is 9.98. The lowest BCUT2D eigenvalue weighted by Crippen LogP contribution is -2.37. The molecule has 0 amide bonds. The van der Waals surface area contributed by atoms with Gasteiger partial charge in [-0.1, -0.05) is 63.6 Å². The first-order valence-corrected chi connectivity index (χ1v) is 11.4. The smallest absolute Gasteiger partial charge is 0.115 e. The molecule has 1 fully saturated rings. The van der Waals surface area contributed by atoms with Gasteiger partial charge in [0.05, 0.1) is 5.76 Å². The van der Waals surface area contributed by atoms with Crippen molar-refractivity contribution >= 4 is 0 Å². The average molecular weight is 386 g/mol. The Morgan fingerprint density at radius 1 is 1.25 bits per heavy atom. The van der Waals surface area contributed by atoms with Gasteiger partial charge in [-0.05, 0) is 43.8 Å². The molecule has 3 aliphatic rings. The molecule has 1 radical (unpaired) electrons. The molecule has 2 unspecified atom stereocenters. The van der Waals surface area contributed by atoms with Gasteiger partial charge in [-0.15, -0.1) is 0 Å². The quantitative estimate of drug-likeness (QED) is 0.379. The van der Waals surface area contributed by atoms with E-state index in [1.165, 1.54) is 43.5 Å². The summed E-state index contributed by atoms with van der Waals surface area (Å²) in [5.74, 6) is 1.60. The Labute approximate surface area is 173 Å². The molecule has 0 saturated carbocycles. The van der Waals surface area contributed by atoms with Crippen molar-refractivity contribution in [1.29, 1.82) is 0 Å². The summed E-state index contributed by atoms with van der Waals surface area (Å²) >= 11 is 0. The monoisotopic (exact) mass is 385 g/mol. The second kappa shape index (κ2) is 13.0. The minimum atomic E-state index is 0.246. The topological polar surface area (TPSA) is 24.5 Å². The van der Waals surface area contributed by atoms with E-state index in [9.17, 15) is 0 Å². The van der Waals surface area contributed by atoms with Crippen LogP contribution < -0.4 is 5.32 Å². The second-order valence-electron chi connectivity index (χ2n) is 8.03. The Hall–Kier alpha value is -1.32. The lowest BCUT2D eigenvalue weighted by Gasteiger charge is -2.31. The SMILES string of the molecule is C=C(CCNCC1=CCC(C)C=C1)OC(CC1=C[CH]1)CN1CCCCC1.CC. The van der Waals surface area contributed by atoms with Crippen LogP contribution in [0.3, 0.4) is 0 Å². The molecule has 3 rings (SSSR count). The molecular formula is C25H41N2O. The summed E-state index contributed by atoms with van der Waals surface area (Å²) in [7, 11) is 0. The van der Waals surface area contributed by atoms with Gasteiger partial charge in [-0.25, -0.2) is 0 Å². The van der Waals surface area contributed by atoms with E-state index in [0.717, 1.165) is 44.7 Å². The van der Waals surface area contributed by atoms with Crippen LogP contribution in [0, 0.1) is 12.3 Å². The third-order valence-corrected chi connectivity index (χ3v) is 5.41. The maximum absolute atomic E-state index is 6.24. The highest BCUT2D eigenvalue weighted by Crippen LogP contribution is 2.26. The maximum atomic E-state index is 6.24. The summed E-state index contributed by atoms with van der Waals surface area (Å²) in [6.45, 7) is 15.8. The van der Waals surface area contributed by atoms with E-state index in [4.69, 9.17) is 4.74 Å². The number of allylic oxidation sites excluding steroid dienone is 3. The minimum absolute atomic E-state index is 0.246. The predicted octanol–water partition coefficient (Wildman–Crippen LogP) is 5.43. The van der Waals surface area contributed by atoms with Gasteiger partial charge in [-0.3, -0.25) is 4.90 Å². The molecule has 0 aromatic rings. The van der Waals surface area contributed by atoms with Crippen molar-refractivity contribution in [2.45, 2.75) is 65.4 Å². The third-order valence-electron chi connectivity index (χ3n) is 5.41. The van der Waals surface area contributed by atoms with Crippen molar-refractivity contribution < 1.29 is 4.74 Å². The largest absolute Gasteiger partial charge is 0.494 e. The molecule has 1 heterocycles. The van der Waals surface area contributed by atoms with Crippen molar-refractivity contribution in [2.75, 3.05) is 32.7 Å². The molecule has 28 heavy (non-hydrogen) atoms. The molecule has 157 valence electrons. The van der Waals surface area contributed by atoms with Crippen molar-refractivity contribution in [3.63, 3.8) is 0 Å². The standard InChI is InChI=1S/C23H35N2O.C2H6/c1-19-6-8-22(9-7-19)17-24-13-12-20(2)26-23(16-21-10-11-21)18-25-14-4-3-5-15-25;1-2/h6,8-11,19,23-24H,2-5,7,12-18H2,1H3;1-2H3. The van der Waals surface area contributed by atoms with E-state index < -0.39 is 0 Å². The summed E-state index contributed by atoms with van der Waals surface area (Å²) in [5.41, 5.74) is 2.83. The Morgan fingerprint density at radius 2 is 2.00 bits per heavy atom. The van der Waals surface area contributed by atoms with Gasteiger partial charge < -0.3 is 10.1 Å². The van der Waals surface area contributed by atoms with E-state index in [2.05, 4.69) is 54.4 Å². The molecule has 1 aliphatic heterocycles. The van der Waals surface area contributed by atoms with Crippen LogP contribution in [0.2, 0.25) is 0 Å². The first-order valence-electron chi connectivity index (χ1n) is 11.4. The van der Waals surface area contributed by atoms with Crippen LogP contribution in [0.15, 0.2) is 47.8 Å². The van der Waals surface area contributed by atoms with E-state index >= 15 is 0 Å². The number of ether oxygens (including phenoxy) is 1. The van der Waals surface area contributed by atoms with Gasteiger partial charge in [0.15, 0.2) is 0 Å². The van der Waals surface area contributed by atoms with Gasteiger partial charge in [0.2, 0.25) is 0 Å². The fourth-order valence-corrected chi connectivity index (χ4v) is 3.69. The fraction of sp³-hybridized carbons (Fsp3) is 0.640. The summed E-state index contributed by atoms with van der Waals surface area (Å²) in [6.07, 6.45) is 18.6. The second-order valence-corrected chi connectivity index (χ2v) is 8.03. The molecular weight excluding hydrogens is 344 g/mol. The Morgan fingerprint density at radius 3 is 2.64 bits per heavy atom. The van der Waals surface area contributed by atoms with Crippen LogP contribution in [0.5, 0.6) is 0 Å². The molecule has 0 bridgehead atoms. The molecule has 1 N–H and O–H groups in total. The van der Waals surface area contributed by atoms with Crippen LogP contribution >= 0.6 is 0 Å². The van der Waals surface area contributed by atoms with Crippen LogP contribution in [-0.4, -0.2) is 43.7 Å². The summed E-state index contributed by atoms with van der Waals surface area (Å²) in [6, 6.07) is 0. The van der Waals surface area contributed by atoms with Crippen molar-refractivity contribution in [1.82, 2.24) is 10.2 Å². The van der Waals surface area contributed by atoms with Gasteiger partial charge in [-0.2, -0.15) is 0 Å². The predicted molar refractivity (Wildman–Crippen MR) is 121 cm³/mol. The molecule has 0 spiro atoms. The number of rotatable bonds is 11. The Balaban J connectivity index is 0.00000136. The number of nitrogens with zero attached hydrogens (tertiary/aromatic N) is 1. The fourth-order valence-electron chi connectivity index (χ4n) is 3.69. The van der Waals surface area contributed by atoms with E-state index in [1.807, 2.05) is 13.8 Å². The molecule has 3 heteroatoms. The number of piperidine rings is 1. The zero-order chi connectivity index (χ0) is 20.2. The molecule has 3 nitrogen and oxygen atoms in total. The number of nitrogens with one attached hydrogen (secondary N) is 1. The van der Waals surface area contributed by atoms with Gasteiger partial charge >= 0.3 is 0 Å². The summed E-state index contributed by atoms with van der Waals surface area (Å²) in [4.78, 5) is 2.56. The maximum Gasteiger partial charge on any atom is 0.115 e. The molecule has 0 aromatic carbocycles. The van der Waals surface area contributed by atoms with Gasteiger partial charge in [0, 0.05) is 38.9 Å². The number of likely N-dealkylation sites (tertiary alicyclic amines) is 1. The first-order chi connectivity index (χ1) is 13.7. The normalized spacial score (nSPS) is 22.5. The molecule has 1 saturated heterocycles. The van der Waals surface area contributed by atoms with Crippen molar-refractivity contribution in [3.8, 4) is 0 Å². The van der Waals surface area contributed by atoms with E-state index in [0.29, 0.717) is 5.92 Å².